The lowest BCUT2D eigenvalue weighted by molar-refractivity contribution is -0.142. The smallest absolute Gasteiger partial charge is 0.191 e. The number of methoxy groups -OCH3 is 1. The first-order valence-electron chi connectivity index (χ1n) is 14.5. The number of carbonyl (C=O) groups is 1. The molecule has 1 aromatic rings. The van der Waals surface area contributed by atoms with Crippen LogP contribution in [0.3, 0.4) is 0 Å². The van der Waals surface area contributed by atoms with E-state index >= 15 is 0 Å². The van der Waals surface area contributed by atoms with Gasteiger partial charge in [0.25, 0.3) is 0 Å². The minimum absolute atomic E-state index is 0.0484. The molecule has 4 nitrogen and oxygen atoms in total. The summed E-state index contributed by atoms with van der Waals surface area (Å²) in [6.45, 7) is 23.8. The molecule has 38 heavy (non-hydrogen) atoms. The highest BCUT2D eigenvalue weighted by molar-refractivity contribution is 6.74. The molecule has 0 spiro atoms. The van der Waals surface area contributed by atoms with Gasteiger partial charge in [-0.25, -0.2) is 0 Å². The van der Waals surface area contributed by atoms with Crippen molar-refractivity contribution >= 4 is 14.1 Å². The van der Waals surface area contributed by atoms with Gasteiger partial charge in [-0.2, -0.15) is 0 Å². The number of rotatable bonds is 10. The van der Waals surface area contributed by atoms with Gasteiger partial charge in [0.1, 0.15) is 11.9 Å². The number of allylic oxidation sites excluding steroid dienone is 3. The standard InChI is InChI=1S/C33H52O4Si/c1-23(12-11-21-37-38(9,10)32(3,4)5)28-19-15-26-16-20-29(33(26,6)7)31(30(34)24(28)2)36-22-25-13-17-27(35-8)18-14-25/h13-15,17-18,24,28-29,31H,1,11-12,16,19-22H2,2-10H3/b26-15+/t24-,28-,29-,31-/m1/s1. The Kier molecular flexibility index (Phi) is 9.92. The molecule has 212 valence electrons. The highest BCUT2D eigenvalue weighted by Crippen LogP contribution is 2.51. The van der Waals surface area contributed by atoms with Crippen LogP contribution in [0.1, 0.15) is 79.2 Å². The summed E-state index contributed by atoms with van der Waals surface area (Å²) >= 11 is 0. The second kappa shape index (κ2) is 12.2. The quantitative estimate of drug-likeness (QED) is 0.169. The number of carbonyl (C=O) groups excluding carboxylic acids is 1. The Morgan fingerprint density at radius 1 is 1.16 bits per heavy atom. The van der Waals surface area contributed by atoms with Gasteiger partial charge in [-0.15, -0.1) is 0 Å². The van der Waals surface area contributed by atoms with E-state index in [2.05, 4.69) is 67.3 Å². The molecule has 0 aromatic heterocycles. The number of benzene rings is 1. The molecule has 0 amide bonds. The van der Waals surface area contributed by atoms with Crippen molar-refractivity contribution in [3.8, 4) is 5.75 Å². The topological polar surface area (TPSA) is 44.8 Å². The molecular weight excluding hydrogens is 488 g/mol. The van der Waals surface area contributed by atoms with E-state index in [0.717, 1.165) is 50.0 Å². The van der Waals surface area contributed by atoms with Crippen molar-refractivity contribution in [1.29, 1.82) is 0 Å². The third kappa shape index (κ3) is 6.89. The van der Waals surface area contributed by atoms with Crippen LogP contribution in [0.2, 0.25) is 18.1 Å². The number of hydrogen-bond donors (Lipinski definition) is 0. The third-order valence-electron chi connectivity index (χ3n) is 9.82. The van der Waals surface area contributed by atoms with E-state index in [0.29, 0.717) is 6.61 Å². The Hall–Kier alpha value is -1.69. The maximum Gasteiger partial charge on any atom is 0.191 e. The van der Waals surface area contributed by atoms with Crippen LogP contribution in [0, 0.1) is 23.2 Å². The summed E-state index contributed by atoms with van der Waals surface area (Å²) in [5, 5.41) is 0.210. The van der Waals surface area contributed by atoms with Crippen LogP contribution in [-0.2, 0) is 20.6 Å². The highest BCUT2D eigenvalue weighted by atomic mass is 28.4. The van der Waals surface area contributed by atoms with Crippen molar-refractivity contribution in [2.24, 2.45) is 23.2 Å². The van der Waals surface area contributed by atoms with Crippen LogP contribution < -0.4 is 4.74 Å². The van der Waals surface area contributed by atoms with Gasteiger partial charge in [-0.3, -0.25) is 4.79 Å². The summed E-state index contributed by atoms with van der Waals surface area (Å²) in [5.41, 5.74) is 3.65. The number of Topliss-reactive ketones (excluding diaryl/α,β-unsaturated/α-hetero) is 1. The van der Waals surface area contributed by atoms with Gasteiger partial charge in [0, 0.05) is 18.4 Å². The Morgan fingerprint density at radius 3 is 2.42 bits per heavy atom. The number of ketones is 1. The van der Waals surface area contributed by atoms with Gasteiger partial charge in [0.2, 0.25) is 0 Å². The average molecular weight is 541 g/mol. The summed E-state index contributed by atoms with van der Waals surface area (Å²) in [6.07, 6.45) is 6.78. The summed E-state index contributed by atoms with van der Waals surface area (Å²) in [4.78, 5) is 14.1. The van der Waals surface area contributed by atoms with Gasteiger partial charge < -0.3 is 13.9 Å². The van der Waals surface area contributed by atoms with Crippen molar-refractivity contribution in [2.75, 3.05) is 13.7 Å². The van der Waals surface area contributed by atoms with Crippen molar-refractivity contribution in [2.45, 2.75) is 104 Å². The normalized spacial score (nSPS) is 27.2. The second-order valence-electron chi connectivity index (χ2n) is 13.6. The second-order valence-corrected chi connectivity index (χ2v) is 18.4. The van der Waals surface area contributed by atoms with Crippen LogP contribution in [0.5, 0.6) is 5.75 Å². The lowest BCUT2D eigenvalue weighted by atomic mass is 9.73. The maximum atomic E-state index is 14.1. The van der Waals surface area contributed by atoms with E-state index in [-0.39, 0.29) is 34.0 Å². The minimum Gasteiger partial charge on any atom is -0.497 e. The highest BCUT2D eigenvalue weighted by Gasteiger charge is 2.48. The fraction of sp³-hybridized carbons (Fsp3) is 0.667. The molecule has 0 aliphatic heterocycles. The van der Waals surface area contributed by atoms with Crippen LogP contribution in [-0.4, -0.2) is 33.9 Å². The Bertz CT molecular complexity index is 999. The monoisotopic (exact) mass is 540 g/mol. The van der Waals surface area contributed by atoms with Gasteiger partial charge in [-0.1, -0.05) is 77.5 Å². The molecule has 0 radical (unpaired) electrons. The third-order valence-corrected chi connectivity index (χ3v) is 14.4. The molecule has 3 rings (SSSR count). The van der Waals surface area contributed by atoms with Crippen LogP contribution in [0.25, 0.3) is 0 Å². The zero-order valence-electron chi connectivity index (χ0n) is 25.5. The SMILES string of the molecule is C=C(CCCO[Si](C)(C)C(C)(C)C)[C@H]1C/C=C2\CC[C@H]([C@@H](OCc3ccc(OC)cc3)C(=O)[C@@H]1C)C2(C)C. The molecule has 2 aliphatic rings. The maximum absolute atomic E-state index is 14.1. The van der Waals surface area contributed by atoms with E-state index in [9.17, 15) is 4.79 Å². The molecule has 4 atom stereocenters. The van der Waals surface area contributed by atoms with Crippen molar-refractivity contribution in [1.82, 2.24) is 0 Å². The first kappa shape index (κ1) is 30.8. The van der Waals surface area contributed by atoms with E-state index < -0.39 is 14.4 Å². The molecule has 5 heteroatoms. The van der Waals surface area contributed by atoms with Crippen molar-refractivity contribution < 1.29 is 18.7 Å². The number of ether oxygens (including phenoxy) is 2. The Morgan fingerprint density at radius 2 is 1.82 bits per heavy atom. The van der Waals surface area contributed by atoms with Crippen LogP contribution in [0.4, 0.5) is 0 Å². The van der Waals surface area contributed by atoms with Crippen LogP contribution >= 0.6 is 0 Å². The summed E-state index contributed by atoms with van der Waals surface area (Å²) in [6, 6.07) is 7.93. The minimum atomic E-state index is -1.76. The summed E-state index contributed by atoms with van der Waals surface area (Å²) < 4.78 is 18.2. The lowest BCUT2D eigenvalue weighted by Gasteiger charge is -2.36. The fourth-order valence-corrected chi connectivity index (χ4v) is 7.00. The largest absolute Gasteiger partial charge is 0.497 e. The molecule has 2 aliphatic carbocycles. The molecule has 1 fully saturated rings. The van der Waals surface area contributed by atoms with Gasteiger partial charge >= 0.3 is 0 Å². The zero-order chi connectivity index (χ0) is 28.3. The van der Waals surface area contributed by atoms with Gasteiger partial charge in [0.15, 0.2) is 14.1 Å². The predicted octanol–water partition coefficient (Wildman–Crippen LogP) is 8.53. The molecule has 0 heterocycles. The zero-order valence-corrected chi connectivity index (χ0v) is 26.5. The molecular formula is C33H52O4Si. The van der Waals surface area contributed by atoms with Crippen molar-refractivity contribution in [3.05, 3.63) is 53.6 Å². The van der Waals surface area contributed by atoms with Crippen molar-refractivity contribution in [3.63, 3.8) is 0 Å². The Labute approximate surface area is 233 Å². The van der Waals surface area contributed by atoms with Crippen LogP contribution in [0.15, 0.2) is 48.1 Å². The first-order valence-corrected chi connectivity index (χ1v) is 17.4. The van der Waals surface area contributed by atoms with E-state index in [1.807, 2.05) is 24.3 Å². The molecule has 1 saturated carbocycles. The number of hydrogen-bond acceptors (Lipinski definition) is 4. The predicted molar refractivity (Wildman–Crippen MR) is 160 cm³/mol. The first-order chi connectivity index (χ1) is 17.7. The van der Waals surface area contributed by atoms with E-state index in [1.54, 1.807) is 7.11 Å². The summed E-state index contributed by atoms with van der Waals surface area (Å²) in [5.74, 6) is 1.24. The lowest BCUT2D eigenvalue weighted by Crippen LogP contribution is -2.42. The van der Waals surface area contributed by atoms with Gasteiger partial charge in [-0.05, 0) is 79.3 Å². The molecule has 0 unspecified atom stereocenters. The molecule has 1 aromatic carbocycles. The van der Waals surface area contributed by atoms with Gasteiger partial charge in [0.05, 0.1) is 13.7 Å². The molecule has 0 saturated heterocycles. The van der Waals surface area contributed by atoms with E-state index in [1.165, 1.54) is 11.1 Å². The Balaban J connectivity index is 1.73. The van der Waals surface area contributed by atoms with E-state index in [4.69, 9.17) is 13.9 Å². The molecule has 0 N–H and O–H groups in total. The number of fused-ring (bicyclic) bond motifs is 2. The fourth-order valence-electron chi connectivity index (χ4n) is 5.91. The summed E-state index contributed by atoms with van der Waals surface area (Å²) in [7, 11) is -0.0875. The average Bonchev–Trinajstić information content (AvgIpc) is 3.15. The molecule has 2 bridgehead atoms.